The number of likely N-dealkylation sites (tertiary alicyclic amines) is 1. The maximum Gasteiger partial charge on any atom is 0.274 e. The van der Waals surface area contributed by atoms with E-state index in [1.807, 2.05) is 4.90 Å². The van der Waals surface area contributed by atoms with E-state index in [0.717, 1.165) is 30.8 Å². The lowest BCUT2D eigenvalue weighted by Gasteiger charge is -2.37. The van der Waals surface area contributed by atoms with E-state index in [4.69, 9.17) is 5.10 Å². The van der Waals surface area contributed by atoms with Gasteiger partial charge >= 0.3 is 0 Å². The first kappa shape index (κ1) is 25.4. The zero-order valence-corrected chi connectivity index (χ0v) is 22.6. The number of amides is 2. The number of nitrogens with zero attached hydrogens (tertiary/aromatic N) is 5. The Kier molecular flexibility index (Phi) is 6.46. The second kappa shape index (κ2) is 9.68. The summed E-state index contributed by atoms with van der Waals surface area (Å²) in [4.78, 5) is 33.0. The molecule has 5 unspecified atom stereocenters. The fraction of sp³-hybridized carbons (Fsp3) is 0.621. The van der Waals surface area contributed by atoms with Crippen molar-refractivity contribution in [1.82, 2.24) is 19.6 Å². The van der Waals surface area contributed by atoms with Gasteiger partial charge in [-0.15, -0.1) is 0 Å². The smallest absolute Gasteiger partial charge is 0.274 e. The Hall–Kier alpha value is -2.91. The number of benzene rings is 1. The van der Waals surface area contributed by atoms with Crippen molar-refractivity contribution in [3.8, 4) is 0 Å². The maximum absolute atomic E-state index is 13.6. The van der Waals surface area contributed by atoms with Crippen LogP contribution in [-0.2, 0) is 17.8 Å². The van der Waals surface area contributed by atoms with E-state index >= 15 is 0 Å². The number of piperazine rings is 1. The number of aliphatic hydroxyl groups excluding tert-OH is 2. The van der Waals surface area contributed by atoms with Gasteiger partial charge in [0.1, 0.15) is 6.54 Å². The first-order chi connectivity index (χ1) is 18.3. The van der Waals surface area contributed by atoms with E-state index in [0.29, 0.717) is 56.0 Å². The summed E-state index contributed by atoms with van der Waals surface area (Å²) in [5.74, 6) is 0.987. The van der Waals surface area contributed by atoms with Gasteiger partial charge in [0.25, 0.3) is 5.91 Å². The van der Waals surface area contributed by atoms with Crippen LogP contribution in [0.15, 0.2) is 18.2 Å². The monoisotopic (exact) mass is 521 g/mol. The van der Waals surface area contributed by atoms with Gasteiger partial charge in [-0.1, -0.05) is 19.1 Å². The summed E-state index contributed by atoms with van der Waals surface area (Å²) in [5, 5.41) is 24.5. The molecule has 9 heteroatoms. The normalized spacial score (nSPS) is 28.3. The third-order valence-electron chi connectivity index (χ3n) is 9.68. The summed E-state index contributed by atoms with van der Waals surface area (Å²) in [6.45, 7) is 10.2. The van der Waals surface area contributed by atoms with Gasteiger partial charge in [-0.2, -0.15) is 5.10 Å². The number of aromatic nitrogens is 2. The number of piperidine rings is 1. The maximum atomic E-state index is 13.6. The van der Waals surface area contributed by atoms with Crippen LogP contribution in [0.4, 0.5) is 5.69 Å². The van der Waals surface area contributed by atoms with E-state index in [1.165, 1.54) is 16.8 Å². The van der Waals surface area contributed by atoms with Crippen molar-refractivity contribution in [2.45, 2.75) is 52.2 Å². The highest BCUT2D eigenvalue weighted by atomic mass is 16.3. The SMILES string of the molecule is Cc1cccc(N2CCN(C(=O)Cn3nc(C(=O)N4CCC(O)C(CO)C4)c4c3CC3C(C)C43)CC2)c1C. The zero-order chi connectivity index (χ0) is 26.7. The molecule has 3 fully saturated rings. The average Bonchev–Trinajstić information content (AvgIpc) is 3.23. The summed E-state index contributed by atoms with van der Waals surface area (Å²) in [6, 6.07) is 6.38. The first-order valence-corrected chi connectivity index (χ1v) is 14.0. The van der Waals surface area contributed by atoms with Crippen LogP contribution < -0.4 is 4.90 Å². The van der Waals surface area contributed by atoms with E-state index < -0.39 is 6.10 Å². The van der Waals surface area contributed by atoms with Crippen molar-refractivity contribution in [1.29, 1.82) is 0 Å². The van der Waals surface area contributed by atoms with Crippen LogP contribution in [0.3, 0.4) is 0 Å². The Morgan fingerprint density at radius 2 is 1.84 bits per heavy atom. The lowest BCUT2D eigenvalue weighted by Crippen LogP contribution is -2.50. The minimum absolute atomic E-state index is 0.0463. The van der Waals surface area contributed by atoms with Gasteiger partial charge in [-0.3, -0.25) is 14.3 Å². The van der Waals surface area contributed by atoms with Gasteiger partial charge in [0, 0.05) is 62.1 Å². The highest BCUT2D eigenvalue weighted by molar-refractivity contribution is 5.95. The Morgan fingerprint density at radius 3 is 2.58 bits per heavy atom. The van der Waals surface area contributed by atoms with Gasteiger partial charge in [0.2, 0.25) is 5.91 Å². The summed E-state index contributed by atoms with van der Waals surface area (Å²) in [6.07, 6.45) is 0.732. The molecule has 2 N–H and O–H groups in total. The molecule has 4 aliphatic rings. The van der Waals surface area contributed by atoms with E-state index in [9.17, 15) is 19.8 Å². The Labute approximate surface area is 224 Å². The van der Waals surface area contributed by atoms with Gasteiger partial charge in [-0.05, 0) is 61.6 Å². The van der Waals surface area contributed by atoms with Crippen LogP contribution in [0.5, 0.6) is 0 Å². The average molecular weight is 522 g/mol. The van der Waals surface area contributed by atoms with E-state index in [-0.39, 0.29) is 30.9 Å². The van der Waals surface area contributed by atoms with Gasteiger partial charge < -0.3 is 24.9 Å². The molecule has 2 aliphatic carbocycles. The Morgan fingerprint density at radius 1 is 1.08 bits per heavy atom. The zero-order valence-electron chi connectivity index (χ0n) is 22.6. The van der Waals surface area contributed by atoms with E-state index in [1.54, 1.807) is 9.58 Å². The molecule has 0 radical (unpaired) electrons. The number of aryl methyl sites for hydroxylation is 1. The highest BCUT2D eigenvalue weighted by Gasteiger charge is 2.56. The number of fused-ring (bicyclic) bond motifs is 3. The van der Waals surface area contributed by atoms with Crippen LogP contribution in [0.1, 0.15) is 52.1 Å². The van der Waals surface area contributed by atoms with E-state index in [2.05, 4.69) is 43.9 Å². The molecule has 5 atom stereocenters. The largest absolute Gasteiger partial charge is 0.396 e. The number of hydrogen-bond donors (Lipinski definition) is 2. The summed E-state index contributed by atoms with van der Waals surface area (Å²) in [5.41, 5.74) is 6.35. The predicted octanol–water partition coefficient (Wildman–Crippen LogP) is 1.57. The number of aliphatic hydroxyl groups is 2. The van der Waals surface area contributed by atoms with Crippen LogP contribution in [0.25, 0.3) is 0 Å². The van der Waals surface area contributed by atoms with Crippen molar-refractivity contribution in [3.63, 3.8) is 0 Å². The van der Waals surface area contributed by atoms with Crippen LogP contribution >= 0.6 is 0 Å². The summed E-state index contributed by atoms with van der Waals surface area (Å²) >= 11 is 0. The molecule has 2 amide bonds. The molecule has 0 bridgehead atoms. The quantitative estimate of drug-likeness (QED) is 0.620. The second-order valence-electron chi connectivity index (χ2n) is 11.8. The fourth-order valence-corrected chi connectivity index (χ4v) is 6.96. The molecule has 1 aromatic carbocycles. The van der Waals surface area contributed by atoms with Gasteiger partial charge in [0.05, 0.1) is 12.7 Å². The van der Waals surface area contributed by atoms with Crippen LogP contribution in [-0.4, -0.2) is 93.6 Å². The van der Waals surface area contributed by atoms with Crippen LogP contribution in [0.2, 0.25) is 0 Å². The first-order valence-electron chi connectivity index (χ1n) is 14.0. The molecule has 204 valence electrons. The molecule has 2 aliphatic heterocycles. The van der Waals surface area contributed by atoms with Gasteiger partial charge in [-0.25, -0.2) is 0 Å². The van der Waals surface area contributed by atoms with Crippen molar-refractivity contribution in [3.05, 3.63) is 46.3 Å². The van der Waals surface area contributed by atoms with Crippen molar-refractivity contribution >= 4 is 17.5 Å². The second-order valence-corrected chi connectivity index (χ2v) is 11.8. The summed E-state index contributed by atoms with van der Waals surface area (Å²) < 4.78 is 1.79. The molecule has 0 spiro atoms. The fourth-order valence-electron chi connectivity index (χ4n) is 6.96. The third kappa shape index (κ3) is 4.20. The molecule has 1 saturated carbocycles. The number of carbonyl (C=O) groups excluding carboxylic acids is 2. The van der Waals surface area contributed by atoms with Gasteiger partial charge in [0.15, 0.2) is 5.69 Å². The number of hydrogen-bond acceptors (Lipinski definition) is 6. The lowest BCUT2D eigenvalue weighted by molar-refractivity contribution is -0.132. The molecule has 1 aromatic heterocycles. The predicted molar refractivity (Wildman–Crippen MR) is 143 cm³/mol. The summed E-state index contributed by atoms with van der Waals surface area (Å²) in [7, 11) is 0. The lowest BCUT2D eigenvalue weighted by atomic mass is 9.95. The topological polar surface area (TPSA) is 102 Å². The molecule has 2 saturated heterocycles. The third-order valence-corrected chi connectivity index (χ3v) is 9.68. The van der Waals surface area contributed by atoms with Crippen LogP contribution in [0, 0.1) is 31.6 Å². The Balaban J connectivity index is 1.16. The molecular formula is C29H39N5O4. The van der Waals surface area contributed by atoms with Crippen molar-refractivity contribution in [2.24, 2.45) is 17.8 Å². The molecule has 38 heavy (non-hydrogen) atoms. The number of rotatable bonds is 5. The molecule has 3 heterocycles. The minimum Gasteiger partial charge on any atom is -0.396 e. The highest BCUT2D eigenvalue weighted by Crippen LogP contribution is 2.62. The molecular weight excluding hydrogens is 482 g/mol. The standard InChI is InChI=1S/C29H39N5O4/c1-17-5-4-6-22(18(17)2)31-9-11-32(12-10-31)25(37)15-34-23-13-21-19(3)26(21)27(23)28(30-34)29(38)33-8-7-24(36)20(14-33)16-35/h4-6,19-21,24,26,35-36H,7-16H2,1-3H3. The number of anilines is 1. The number of carbonyl (C=O) groups is 2. The Bertz CT molecular complexity index is 1250. The molecule has 2 aromatic rings. The molecule has 6 rings (SSSR count). The van der Waals surface area contributed by atoms with Crippen molar-refractivity contribution in [2.75, 3.05) is 50.8 Å². The molecule has 9 nitrogen and oxygen atoms in total. The van der Waals surface area contributed by atoms with Crippen molar-refractivity contribution < 1.29 is 19.8 Å². The minimum atomic E-state index is -0.590.